The number of hydrogen-bond acceptors (Lipinski definition) is 3. The molecule has 0 spiro atoms. The van der Waals surface area contributed by atoms with Crippen LogP contribution in [0.2, 0.25) is 0 Å². The molecule has 0 aliphatic heterocycles. The number of methoxy groups -OCH3 is 1. The van der Waals surface area contributed by atoms with Crippen molar-refractivity contribution in [3.63, 3.8) is 0 Å². The molecule has 1 amide bonds. The first-order valence-corrected chi connectivity index (χ1v) is 8.23. The zero-order valence-electron chi connectivity index (χ0n) is 14.9. The van der Waals surface area contributed by atoms with E-state index in [9.17, 15) is 9.18 Å². The van der Waals surface area contributed by atoms with Crippen LogP contribution in [0, 0.1) is 19.7 Å². The number of rotatable bonds is 5. The number of nitrogens with zero attached hydrogens (tertiary/aromatic N) is 2. The van der Waals surface area contributed by atoms with Crippen molar-refractivity contribution in [3.8, 4) is 11.4 Å². The Morgan fingerprint density at radius 3 is 2.54 bits per heavy atom. The van der Waals surface area contributed by atoms with Gasteiger partial charge in [-0.2, -0.15) is 5.10 Å². The van der Waals surface area contributed by atoms with Crippen LogP contribution in [0.5, 0.6) is 5.75 Å². The first-order valence-electron chi connectivity index (χ1n) is 8.23. The summed E-state index contributed by atoms with van der Waals surface area (Å²) < 4.78 is 20.1. The molecule has 0 atom stereocenters. The highest BCUT2D eigenvalue weighted by Crippen LogP contribution is 2.24. The van der Waals surface area contributed by atoms with Gasteiger partial charge in [-0.05, 0) is 50.2 Å². The van der Waals surface area contributed by atoms with Crippen molar-refractivity contribution in [2.24, 2.45) is 0 Å². The van der Waals surface area contributed by atoms with E-state index >= 15 is 0 Å². The molecule has 0 radical (unpaired) electrons. The van der Waals surface area contributed by atoms with Gasteiger partial charge in [0.2, 0.25) is 5.91 Å². The monoisotopic (exact) mass is 353 g/mol. The van der Waals surface area contributed by atoms with Gasteiger partial charge in [0.05, 0.1) is 30.6 Å². The van der Waals surface area contributed by atoms with Gasteiger partial charge in [-0.25, -0.2) is 9.07 Å². The summed E-state index contributed by atoms with van der Waals surface area (Å²) in [4.78, 5) is 12.5. The Bertz CT molecular complexity index is 933. The normalized spacial score (nSPS) is 10.6. The van der Waals surface area contributed by atoms with Crippen molar-refractivity contribution in [2.45, 2.75) is 20.3 Å². The fourth-order valence-corrected chi connectivity index (χ4v) is 2.87. The predicted molar refractivity (Wildman–Crippen MR) is 98.3 cm³/mol. The minimum atomic E-state index is -0.299. The molecular formula is C20H20FN3O2. The summed E-state index contributed by atoms with van der Waals surface area (Å²) in [6.07, 6.45) is 0.191. The van der Waals surface area contributed by atoms with Gasteiger partial charge in [0.1, 0.15) is 11.6 Å². The number of hydrogen-bond donors (Lipinski definition) is 1. The van der Waals surface area contributed by atoms with Crippen LogP contribution in [0.15, 0.2) is 48.5 Å². The van der Waals surface area contributed by atoms with E-state index < -0.39 is 0 Å². The van der Waals surface area contributed by atoms with E-state index in [0.717, 1.165) is 22.6 Å². The highest BCUT2D eigenvalue weighted by molar-refractivity contribution is 5.93. The second-order valence-electron chi connectivity index (χ2n) is 5.96. The van der Waals surface area contributed by atoms with E-state index in [2.05, 4.69) is 10.4 Å². The molecule has 134 valence electrons. The Hall–Kier alpha value is -3.15. The van der Waals surface area contributed by atoms with E-state index in [-0.39, 0.29) is 18.1 Å². The van der Waals surface area contributed by atoms with E-state index in [1.54, 1.807) is 36.1 Å². The van der Waals surface area contributed by atoms with Crippen LogP contribution in [0.4, 0.5) is 10.1 Å². The summed E-state index contributed by atoms with van der Waals surface area (Å²) in [7, 11) is 1.56. The summed E-state index contributed by atoms with van der Waals surface area (Å²) >= 11 is 0. The standard InChI is InChI=1S/C20H20FN3O2/c1-13-17(12-20(25)22-18-6-4-5-7-19(18)26-3)14(2)24(23-13)16-10-8-15(21)9-11-16/h4-11H,12H2,1-3H3,(H,22,25). The van der Waals surface area contributed by atoms with Crippen LogP contribution in [-0.2, 0) is 11.2 Å². The topological polar surface area (TPSA) is 56.1 Å². The molecule has 0 aliphatic rings. The lowest BCUT2D eigenvalue weighted by atomic mass is 10.1. The molecule has 2 aromatic carbocycles. The van der Waals surface area contributed by atoms with Gasteiger partial charge in [-0.1, -0.05) is 12.1 Å². The average molecular weight is 353 g/mol. The van der Waals surface area contributed by atoms with Crippen molar-refractivity contribution in [1.82, 2.24) is 9.78 Å². The summed E-state index contributed by atoms with van der Waals surface area (Å²) in [6, 6.07) is 13.4. The van der Waals surface area contributed by atoms with Crippen LogP contribution >= 0.6 is 0 Å². The number of nitrogens with one attached hydrogen (secondary N) is 1. The Labute approximate surface area is 151 Å². The predicted octanol–water partition coefficient (Wildman–Crippen LogP) is 3.82. The van der Waals surface area contributed by atoms with E-state index in [1.165, 1.54) is 12.1 Å². The van der Waals surface area contributed by atoms with Crippen LogP contribution in [0.25, 0.3) is 5.69 Å². The minimum absolute atomic E-state index is 0.153. The number of aromatic nitrogens is 2. The van der Waals surface area contributed by atoms with Gasteiger partial charge in [-0.3, -0.25) is 4.79 Å². The van der Waals surface area contributed by atoms with Crippen molar-refractivity contribution in [1.29, 1.82) is 0 Å². The van der Waals surface area contributed by atoms with Gasteiger partial charge >= 0.3 is 0 Å². The molecule has 3 aromatic rings. The molecular weight excluding hydrogens is 333 g/mol. The quantitative estimate of drug-likeness (QED) is 0.759. The maximum Gasteiger partial charge on any atom is 0.229 e. The molecule has 5 nitrogen and oxygen atoms in total. The summed E-state index contributed by atoms with van der Waals surface area (Å²) in [5.74, 6) is 0.155. The van der Waals surface area contributed by atoms with Crippen LogP contribution < -0.4 is 10.1 Å². The van der Waals surface area contributed by atoms with Crippen molar-refractivity contribution in [3.05, 3.63) is 71.3 Å². The number of amides is 1. The lowest BCUT2D eigenvalue weighted by Gasteiger charge is -2.10. The van der Waals surface area contributed by atoms with Crippen LogP contribution in [0.3, 0.4) is 0 Å². The molecule has 0 saturated heterocycles. The molecule has 0 fully saturated rings. The van der Waals surface area contributed by atoms with Crippen molar-refractivity contribution < 1.29 is 13.9 Å². The number of ether oxygens (including phenoxy) is 1. The Kier molecular flexibility index (Phi) is 5.02. The molecule has 1 heterocycles. The van der Waals surface area contributed by atoms with E-state index in [1.807, 2.05) is 26.0 Å². The number of para-hydroxylation sites is 2. The molecule has 0 unspecified atom stereocenters. The van der Waals surface area contributed by atoms with Crippen LogP contribution in [-0.4, -0.2) is 22.8 Å². The first kappa shape index (κ1) is 17.7. The van der Waals surface area contributed by atoms with Crippen molar-refractivity contribution >= 4 is 11.6 Å². The highest BCUT2D eigenvalue weighted by Gasteiger charge is 2.17. The Morgan fingerprint density at radius 1 is 1.15 bits per heavy atom. The number of benzene rings is 2. The van der Waals surface area contributed by atoms with Gasteiger partial charge in [0.25, 0.3) is 0 Å². The summed E-state index contributed by atoms with van der Waals surface area (Å²) in [5, 5.41) is 7.36. The maximum atomic E-state index is 13.1. The third kappa shape index (κ3) is 3.59. The number of anilines is 1. The molecule has 26 heavy (non-hydrogen) atoms. The van der Waals surface area contributed by atoms with E-state index in [4.69, 9.17) is 4.74 Å². The van der Waals surface area contributed by atoms with Crippen LogP contribution in [0.1, 0.15) is 17.0 Å². The fraction of sp³-hybridized carbons (Fsp3) is 0.200. The molecule has 3 rings (SSSR count). The Balaban J connectivity index is 1.82. The Morgan fingerprint density at radius 2 is 1.85 bits per heavy atom. The lowest BCUT2D eigenvalue weighted by molar-refractivity contribution is -0.115. The number of carbonyl (C=O) groups is 1. The minimum Gasteiger partial charge on any atom is -0.495 e. The average Bonchev–Trinajstić information content (AvgIpc) is 2.91. The van der Waals surface area contributed by atoms with Gasteiger partial charge in [0, 0.05) is 11.3 Å². The maximum absolute atomic E-state index is 13.1. The molecule has 6 heteroatoms. The SMILES string of the molecule is COc1ccccc1NC(=O)Cc1c(C)nn(-c2ccc(F)cc2)c1C. The van der Waals surface area contributed by atoms with Gasteiger partial charge in [-0.15, -0.1) is 0 Å². The highest BCUT2D eigenvalue weighted by atomic mass is 19.1. The number of carbonyl (C=O) groups excluding carboxylic acids is 1. The molecule has 0 bridgehead atoms. The summed E-state index contributed by atoms with van der Waals surface area (Å²) in [6.45, 7) is 3.76. The second-order valence-corrected chi connectivity index (χ2v) is 5.96. The smallest absolute Gasteiger partial charge is 0.229 e. The fourth-order valence-electron chi connectivity index (χ4n) is 2.87. The largest absolute Gasteiger partial charge is 0.495 e. The zero-order chi connectivity index (χ0) is 18.7. The van der Waals surface area contributed by atoms with Gasteiger partial charge < -0.3 is 10.1 Å². The van der Waals surface area contributed by atoms with Crippen molar-refractivity contribution in [2.75, 3.05) is 12.4 Å². The lowest BCUT2D eigenvalue weighted by Crippen LogP contribution is -2.16. The third-order valence-corrected chi connectivity index (χ3v) is 4.23. The third-order valence-electron chi connectivity index (χ3n) is 4.23. The van der Waals surface area contributed by atoms with Gasteiger partial charge in [0.15, 0.2) is 0 Å². The molecule has 1 N–H and O–H groups in total. The number of halogens is 1. The second kappa shape index (κ2) is 7.39. The zero-order valence-corrected chi connectivity index (χ0v) is 14.9. The number of aryl methyl sites for hydroxylation is 1. The summed E-state index contributed by atoms with van der Waals surface area (Å²) in [5.41, 5.74) is 3.85. The van der Waals surface area contributed by atoms with E-state index in [0.29, 0.717) is 11.4 Å². The molecule has 0 aliphatic carbocycles. The molecule has 0 saturated carbocycles. The molecule has 1 aromatic heterocycles. The first-order chi connectivity index (χ1) is 12.5.